The smallest absolute Gasteiger partial charge is 0.237 e. The van der Waals surface area contributed by atoms with Gasteiger partial charge in [-0.2, -0.15) is 5.26 Å². The minimum Gasteiger partial charge on any atom is -0.351 e. The largest absolute Gasteiger partial charge is 0.351 e. The average Bonchev–Trinajstić information content (AvgIpc) is 2.26. The van der Waals surface area contributed by atoms with E-state index in [0.717, 1.165) is 5.56 Å². The molecule has 15 heavy (non-hydrogen) atoms. The van der Waals surface area contributed by atoms with Crippen LogP contribution in [-0.4, -0.2) is 5.91 Å². The minimum atomic E-state index is -0.588. The van der Waals surface area contributed by atoms with Crippen LogP contribution in [0.2, 0.25) is 0 Å². The molecular weight excluding hydrogens is 188 g/mol. The predicted octanol–water partition coefficient (Wildman–Crippen LogP) is 1.77. The first-order chi connectivity index (χ1) is 7.13. The van der Waals surface area contributed by atoms with Crippen molar-refractivity contribution < 1.29 is 4.79 Å². The second-order valence-corrected chi connectivity index (χ2v) is 3.55. The Labute approximate surface area is 89.7 Å². The highest BCUT2D eigenvalue weighted by Crippen LogP contribution is 2.03. The number of nitrogens with one attached hydrogen (secondary N) is 1. The topological polar surface area (TPSA) is 52.9 Å². The minimum absolute atomic E-state index is 0.224. The lowest BCUT2D eigenvalue weighted by Gasteiger charge is -2.06. The zero-order chi connectivity index (χ0) is 11.3. The quantitative estimate of drug-likeness (QED) is 0.812. The van der Waals surface area contributed by atoms with Crippen molar-refractivity contribution >= 4 is 5.91 Å². The second kappa shape index (κ2) is 5.16. The van der Waals surface area contributed by atoms with Crippen molar-refractivity contribution in [3.63, 3.8) is 0 Å². The lowest BCUT2D eigenvalue weighted by atomic mass is 10.1. The normalized spacial score (nSPS) is 11.5. The molecule has 0 aliphatic rings. The number of hydrogen-bond acceptors (Lipinski definition) is 2. The molecular formula is C12H14N2O. The van der Waals surface area contributed by atoms with Crippen LogP contribution in [0.25, 0.3) is 0 Å². The van der Waals surface area contributed by atoms with Crippen molar-refractivity contribution in [1.29, 1.82) is 5.26 Å². The fraction of sp³-hybridized carbons (Fsp3) is 0.333. The van der Waals surface area contributed by atoms with E-state index < -0.39 is 5.92 Å². The molecule has 0 heterocycles. The van der Waals surface area contributed by atoms with Gasteiger partial charge in [0.15, 0.2) is 0 Å². The number of nitriles is 1. The third kappa shape index (κ3) is 3.43. The highest BCUT2D eigenvalue weighted by Gasteiger charge is 2.10. The summed E-state index contributed by atoms with van der Waals surface area (Å²) in [4.78, 5) is 11.3. The maximum atomic E-state index is 11.3. The fourth-order valence-electron chi connectivity index (χ4n) is 1.11. The molecule has 0 saturated heterocycles. The monoisotopic (exact) mass is 202 g/mol. The lowest BCUT2D eigenvalue weighted by molar-refractivity contribution is -0.123. The molecule has 0 saturated carbocycles. The van der Waals surface area contributed by atoms with Gasteiger partial charge in [-0.3, -0.25) is 4.79 Å². The molecule has 1 amide bonds. The summed E-state index contributed by atoms with van der Waals surface area (Å²) < 4.78 is 0. The summed E-state index contributed by atoms with van der Waals surface area (Å²) in [5, 5.41) is 11.2. The maximum Gasteiger partial charge on any atom is 0.237 e. The van der Waals surface area contributed by atoms with Crippen LogP contribution in [0.5, 0.6) is 0 Å². The van der Waals surface area contributed by atoms with Crippen LogP contribution < -0.4 is 5.32 Å². The molecule has 0 bridgehead atoms. The lowest BCUT2D eigenvalue weighted by Crippen LogP contribution is -2.27. The van der Waals surface area contributed by atoms with Gasteiger partial charge in [-0.05, 0) is 19.4 Å². The van der Waals surface area contributed by atoms with Gasteiger partial charge in [-0.25, -0.2) is 0 Å². The van der Waals surface area contributed by atoms with Gasteiger partial charge in [0.25, 0.3) is 0 Å². The van der Waals surface area contributed by atoms with E-state index in [-0.39, 0.29) is 5.91 Å². The van der Waals surface area contributed by atoms with Crippen molar-refractivity contribution in [2.75, 3.05) is 0 Å². The Balaban J connectivity index is 2.48. The molecule has 78 valence electrons. The summed E-state index contributed by atoms with van der Waals surface area (Å²) >= 11 is 0. The number of rotatable bonds is 3. The summed E-state index contributed by atoms with van der Waals surface area (Å²) in [5.41, 5.74) is 2.23. The molecule has 3 nitrogen and oxygen atoms in total. The SMILES string of the molecule is Cc1ccc(CNC(=O)C(C)C#N)cc1. The molecule has 1 aromatic rings. The fourth-order valence-corrected chi connectivity index (χ4v) is 1.11. The van der Waals surface area contributed by atoms with Crippen LogP contribution in [0.3, 0.4) is 0 Å². The molecule has 1 rings (SSSR count). The number of benzene rings is 1. The van der Waals surface area contributed by atoms with Crippen LogP contribution in [0.4, 0.5) is 0 Å². The third-order valence-corrected chi connectivity index (χ3v) is 2.17. The molecule has 0 aromatic heterocycles. The summed E-state index contributed by atoms with van der Waals surface area (Å²) in [7, 11) is 0. The molecule has 1 unspecified atom stereocenters. The Morgan fingerprint density at radius 1 is 1.47 bits per heavy atom. The Morgan fingerprint density at radius 2 is 2.07 bits per heavy atom. The molecule has 0 aliphatic carbocycles. The van der Waals surface area contributed by atoms with Gasteiger partial charge in [-0.15, -0.1) is 0 Å². The Morgan fingerprint density at radius 3 is 2.60 bits per heavy atom. The van der Waals surface area contributed by atoms with E-state index in [1.807, 2.05) is 37.3 Å². The summed E-state index contributed by atoms with van der Waals surface area (Å²) in [6.07, 6.45) is 0. The first-order valence-corrected chi connectivity index (χ1v) is 4.86. The molecule has 0 aliphatic heterocycles. The number of amides is 1. The van der Waals surface area contributed by atoms with E-state index in [9.17, 15) is 4.79 Å². The van der Waals surface area contributed by atoms with Crippen LogP contribution >= 0.6 is 0 Å². The zero-order valence-electron chi connectivity index (χ0n) is 8.95. The van der Waals surface area contributed by atoms with E-state index >= 15 is 0 Å². The van der Waals surface area contributed by atoms with Crippen molar-refractivity contribution in [2.45, 2.75) is 20.4 Å². The molecule has 0 fully saturated rings. The zero-order valence-corrected chi connectivity index (χ0v) is 8.95. The van der Waals surface area contributed by atoms with Crippen LogP contribution in [0, 0.1) is 24.2 Å². The van der Waals surface area contributed by atoms with Gasteiger partial charge in [-0.1, -0.05) is 29.8 Å². The number of aryl methyl sites for hydroxylation is 1. The van der Waals surface area contributed by atoms with E-state index in [1.54, 1.807) is 6.92 Å². The third-order valence-electron chi connectivity index (χ3n) is 2.17. The number of nitrogens with zero attached hydrogens (tertiary/aromatic N) is 1. The Bertz CT molecular complexity index is 376. The van der Waals surface area contributed by atoms with E-state index in [2.05, 4.69) is 5.32 Å². The first kappa shape index (κ1) is 11.3. The highest BCUT2D eigenvalue weighted by molar-refractivity contribution is 5.80. The number of hydrogen-bond donors (Lipinski definition) is 1. The van der Waals surface area contributed by atoms with Crippen molar-refractivity contribution in [1.82, 2.24) is 5.32 Å². The summed E-state index contributed by atoms with van der Waals surface area (Å²) in [6.45, 7) is 4.08. The van der Waals surface area contributed by atoms with Crippen LogP contribution in [0.15, 0.2) is 24.3 Å². The Kier molecular flexibility index (Phi) is 3.87. The number of carbonyl (C=O) groups is 1. The average molecular weight is 202 g/mol. The molecule has 0 spiro atoms. The first-order valence-electron chi connectivity index (χ1n) is 4.86. The molecule has 0 radical (unpaired) electrons. The number of carbonyl (C=O) groups excluding carboxylic acids is 1. The van der Waals surface area contributed by atoms with Crippen LogP contribution in [-0.2, 0) is 11.3 Å². The van der Waals surface area contributed by atoms with Crippen molar-refractivity contribution in [2.24, 2.45) is 5.92 Å². The van der Waals surface area contributed by atoms with Crippen molar-refractivity contribution in [3.05, 3.63) is 35.4 Å². The molecule has 3 heteroatoms. The van der Waals surface area contributed by atoms with Gasteiger partial charge < -0.3 is 5.32 Å². The van der Waals surface area contributed by atoms with E-state index in [4.69, 9.17) is 5.26 Å². The maximum absolute atomic E-state index is 11.3. The molecule has 1 atom stereocenters. The molecule has 1 aromatic carbocycles. The summed E-state index contributed by atoms with van der Waals surface area (Å²) in [6, 6.07) is 9.82. The van der Waals surface area contributed by atoms with E-state index in [0.29, 0.717) is 6.54 Å². The van der Waals surface area contributed by atoms with E-state index in [1.165, 1.54) is 5.56 Å². The van der Waals surface area contributed by atoms with Crippen molar-refractivity contribution in [3.8, 4) is 6.07 Å². The highest BCUT2D eigenvalue weighted by atomic mass is 16.1. The van der Waals surface area contributed by atoms with Crippen LogP contribution in [0.1, 0.15) is 18.1 Å². The standard InChI is InChI=1S/C12H14N2O/c1-9-3-5-11(6-4-9)8-14-12(15)10(2)7-13/h3-6,10H,8H2,1-2H3,(H,14,15). The molecule has 1 N–H and O–H groups in total. The summed E-state index contributed by atoms with van der Waals surface area (Å²) in [5.74, 6) is -0.812. The predicted molar refractivity (Wildman–Crippen MR) is 57.8 cm³/mol. The van der Waals surface area contributed by atoms with Gasteiger partial charge in [0.05, 0.1) is 6.07 Å². The second-order valence-electron chi connectivity index (χ2n) is 3.55. The van der Waals surface area contributed by atoms with Gasteiger partial charge in [0.2, 0.25) is 5.91 Å². The van der Waals surface area contributed by atoms with Gasteiger partial charge in [0.1, 0.15) is 5.92 Å². The van der Waals surface area contributed by atoms with Gasteiger partial charge in [0, 0.05) is 6.54 Å². The Hall–Kier alpha value is -1.82. The van der Waals surface area contributed by atoms with Gasteiger partial charge >= 0.3 is 0 Å².